The molecule has 1 N–H and O–H groups in total. The minimum absolute atomic E-state index is 0.280. The lowest BCUT2D eigenvalue weighted by Gasteiger charge is -2.17. The minimum atomic E-state index is -3.07. The van der Waals surface area contributed by atoms with Crippen LogP contribution in [0, 0.1) is 0 Å². The average Bonchev–Trinajstić information content (AvgIpc) is 2.37. The lowest BCUT2D eigenvalue weighted by molar-refractivity contribution is -0.119. The Balaban J connectivity index is 4.07. The van der Waals surface area contributed by atoms with Crippen molar-refractivity contribution in [1.29, 1.82) is 0 Å². The molecule has 0 aromatic heterocycles. The fraction of sp³-hybridized carbons (Fsp3) is 0.900. The van der Waals surface area contributed by atoms with E-state index in [4.69, 9.17) is 4.52 Å². The van der Waals surface area contributed by atoms with Gasteiger partial charge in [-0.15, -0.1) is 0 Å². The Morgan fingerprint density at radius 3 is 2.50 bits per heavy atom. The first-order chi connectivity index (χ1) is 8.38. The van der Waals surface area contributed by atoms with Gasteiger partial charge in [-0.25, -0.2) is 0 Å². The third-order valence-corrected chi connectivity index (χ3v) is 8.03. The van der Waals surface area contributed by atoms with Gasteiger partial charge in [0.2, 0.25) is 5.91 Å². The van der Waals surface area contributed by atoms with Gasteiger partial charge in [0.25, 0.3) is 0 Å². The van der Waals surface area contributed by atoms with Crippen LogP contribution in [-0.2, 0) is 13.9 Å². The zero-order chi connectivity index (χ0) is 14.2. The van der Waals surface area contributed by atoms with E-state index in [9.17, 15) is 9.36 Å². The summed E-state index contributed by atoms with van der Waals surface area (Å²) < 4.78 is 16.7. The van der Waals surface area contributed by atoms with E-state index in [1.807, 2.05) is 0 Å². The summed E-state index contributed by atoms with van der Waals surface area (Å²) in [5, 5.41) is 2.44. The quantitative estimate of drug-likeness (QED) is 0.442. The molecule has 0 spiro atoms. The van der Waals surface area contributed by atoms with Crippen molar-refractivity contribution in [3.8, 4) is 0 Å². The maximum absolute atomic E-state index is 11.9. The molecule has 0 aromatic carbocycles. The number of carbonyl (C=O) groups is 1. The number of nitrogens with one attached hydrogen (secondary N) is 1. The summed E-state index contributed by atoms with van der Waals surface area (Å²) in [6.07, 6.45) is 5.39. The van der Waals surface area contributed by atoms with E-state index in [0.717, 1.165) is 30.6 Å². The molecule has 0 heterocycles. The summed E-state index contributed by atoms with van der Waals surface area (Å²) in [6.45, 7) is -0.954. The van der Waals surface area contributed by atoms with E-state index in [-0.39, 0.29) is 10.7 Å². The molecule has 18 heavy (non-hydrogen) atoms. The molecule has 1 amide bonds. The van der Waals surface area contributed by atoms with Crippen LogP contribution in [0.25, 0.3) is 0 Å². The second-order valence-electron chi connectivity index (χ2n) is 3.74. The number of hydrogen-bond acceptors (Lipinski definition) is 4. The Kier molecular flexibility index (Phi) is 10.3. The minimum Gasteiger partial charge on any atom is -0.309 e. The van der Waals surface area contributed by atoms with Gasteiger partial charge >= 0.3 is 6.72 Å². The highest BCUT2D eigenvalue weighted by Crippen LogP contribution is 2.53. The molecular formula is C10H20Br2NO3PS. The molecule has 0 aromatic rings. The second-order valence-corrected chi connectivity index (χ2v) is 10.6. The molecule has 3 atom stereocenters. The lowest BCUT2D eigenvalue weighted by Crippen LogP contribution is -2.28. The van der Waals surface area contributed by atoms with Crippen LogP contribution in [0.2, 0.25) is 0 Å². The maximum atomic E-state index is 11.9. The molecule has 108 valence electrons. The number of halogens is 2. The molecule has 0 aliphatic carbocycles. The van der Waals surface area contributed by atoms with Gasteiger partial charge in [0.05, 0.1) is 4.83 Å². The topological polar surface area (TPSA) is 55.4 Å². The van der Waals surface area contributed by atoms with Crippen molar-refractivity contribution < 1.29 is 13.9 Å². The highest BCUT2D eigenvalue weighted by atomic mass is 79.9. The number of alkyl halides is 2. The largest absolute Gasteiger partial charge is 0.352 e. The van der Waals surface area contributed by atoms with Gasteiger partial charge in [0.1, 0.15) is 0 Å². The van der Waals surface area contributed by atoms with Crippen molar-refractivity contribution in [2.45, 2.75) is 42.3 Å². The normalized spacial score (nSPS) is 17.8. The smallest absolute Gasteiger partial charge is 0.309 e. The predicted octanol–water partition coefficient (Wildman–Crippen LogP) is 4.33. The van der Waals surface area contributed by atoms with E-state index in [0.29, 0.717) is 11.2 Å². The highest BCUT2D eigenvalue weighted by molar-refractivity contribution is 9.10. The van der Waals surface area contributed by atoms with E-state index >= 15 is 0 Å². The zero-order valence-corrected chi connectivity index (χ0v) is 15.7. The Bertz CT molecular complexity index is 299. The standard InChI is InChI=1S/C10H20Br2NO3PS/c1-4-8(11)6-5-7-9(12)10(14)13-17(15,16-2)18-3/h8-9H,4-7H2,1-3H3,(H,13,14,15). The summed E-state index contributed by atoms with van der Waals surface area (Å²) >= 11 is 7.89. The van der Waals surface area contributed by atoms with Gasteiger partial charge in [-0.1, -0.05) is 56.6 Å². The molecule has 0 bridgehead atoms. The van der Waals surface area contributed by atoms with Crippen LogP contribution in [0.3, 0.4) is 0 Å². The zero-order valence-electron chi connectivity index (χ0n) is 10.8. The van der Waals surface area contributed by atoms with Crippen molar-refractivity contribution in [1.82, 2.24) is 5.09 Å². The van der Waals surface area contributed by atoms with E-state index in [1.54, 1.807) is 6.26 Å². The van der Waals surface area contributed by atoms with E-state index in [2.05, 4.69) is 43.9 Å². The van der Waals surface area contributed by atoms with Gasteiger partial charge < -0.3 is 4.52 Å². The van der Waals surface area contributed by atoms with Crippen LogP contribution in [0.1, 0.15) is 32.6 Å². The molecule has 0 fully saturated rings. The Morgan fingerprint density at radius 1 is 1.44 bits per heavy atom. The average molecular weight is 425 g/mol. The SMILES string of the molecule is CCC(Br)CCCC(Br)C(=O)NP(=O)(OC)SC. The summed E-state index contributed by atoms with van der Waals surface area (Å²) in [5.41, 5.74) is 0. The molecule has 0 radical (unpaired) electrons. The summed E-state index contributed by atoms with van der Waals surface area (Å²) in [7, 11) is 1.33. The Morgan fingerprint density at radius 2 is 2.06 bits per heavy atom. The first-order valence-electron chi connectivity index (χ1n) is 5.70. The van der Waals surface area contributed by atoms with Gasteiger partial charge in [0.15, 0.2) is 0 Å². The molecule has 0 saturated carbocycles. The van der Waals surface area contributed by atoms with Crippen LogP contribution < -0.4 is 5.09 Å². The fourth-order valence-electron chi connectivity index (χ4n) is 1.22. The number of amides is 1. The summed E-state index contributed by atoms with van der Waals surface area (Å²) in [5.74, 6) is -0.280. The third-order valence-electron chi connectivity index (χ3n) is 2.43. The van der Waals surface area contributed by atoms with Crippen molar-refractivity contribution in [3.05, 3.63) is 0 Å². The first kappa shape index (κ1) is 19.0. The molecule has 8 heteroatoms. The first-order valence-corrected chi connectivity index (χ1v) is 11.0. The van der Waals surface area contributed by atoms with Gasteiger partial charge in [-0.2, -0.15) is 0 Å². The van der Waals surface area contributed by atoms with Crippen LogP contribution in [0.15, 0.2) is 0 Å². The van der Waals surface area contributed by atoms with Crippen molar-refractivity contribution in [3.63, 3.8) is 0 Å². The third kappa shape index (κ3) is 7.53. The molecule has 0 aliphatic rings. The van der Waals surface area contributed by atoms with E-state index in [1.165, 1.54) is 7.11 Å². The van der Waals surface area contributed by atoms with Crippen LogP contribution in [-0.4, -0.2) is 28.9 Å². The Labute approximate surface area is 130 Å². The van der Waals surface area contributed by atoms with Gasteiger partial charge in [0, 0.05) is 11.9 Å². The fourth-order valence-corrected chi connectivity index (χ4v) is 3.91. The highest BCUT2D eigenvalue weighted by Gasteiger charge is 2.26. The lowest BCUT2D eigenvalue weighted by atomic mass is 10.1. The van der Waals surface area contributed by atoms with Crippen LogP contribution >= 0.6 is 50.0 Å². The van der Waals surface area contributed by atoms with Crippen molar-refractivity contribution >= 4 is 55.9 Å². The molecule has 3 unspecified atom stereocenters. The Hall–Kier alpha value is 0.970. The monoisotopic (exact) mass is 423 g/mol. The van der Waals surface area contributed by atoms with Crippen LogP contribution in [0.4, 0.5) is 0 Å². The van der Waals surface area contributed by atoms with Gasteiger partial charge in [-0.3, -0.25) is 14.4 Å². The second kappa shape index (κ2) is 9.81. The molecule has 0 aliphatic heterocycles. The molecule has 4 nitrogen and oxygen atoms in total. The summed E-state index contributed by atoms with van der Waals surface area (Å²) in [6, 6.07) is 0. The van der Waals surface area contributed by atoms with Crippen molar-refractivity contribution in [2.24, 2.45) is 0 Å². The van der Waals surface area contributed by atoms with Crippen molar-refractivity contribution in [2.75, 3.05) is 13.4 Å². The molecule has 0 saturated heterocycles. The number of rotatable bonds is 9. The number of hydrogen-bond donors (Lipinski definition) is 1. The van der Waals surface area contributed by atoms with E-state index < -0.39 is 6.72 Å². The van der Waals surface area contributed by atoms with Crippen LogP contribution in [0.5, 0.6) is 0 Å². The predicted molar refractivity (Wildman–Crippen MR) is 85.8 cm³/mol. The molecular weight excluding hydrogens is 405 g/mol. The van der Waals surface area contributed by atoms with Gasteiger partial charge in [-0.05, 0) is 25.5 Å². The maximum Gasteiger partial charge on any atom is 0.352 e. The molecule has 0 rings (SSSR count). The summed E-state index contributed by atoms with van der Waals surface area (Å²) in [4.78, 5) is 12.0. The number of carbonyl (C=O) groups excluding carboxylic acids is 1.